The van der Waals surface area contributed by atoms with Crippen LogP contribution in [0.1, 0.15) is 31.9 Å². The fourth-order valence-corrected chi connectivity index (χ4v) is 2.13. The lowest BCUT2D eigenvalue weighted by molar-refractivity contribution is 0.716. The van der Waals surface area contributed by atoms with Gasteiger partial charge in [-0.3, -0.25) is 0 Å². The van der Waals surface area contributed by atoms with Gasteiger partial charge in [0.2, 0.25) is 0 Å². The number of hydrogen-bond donors (Lipinski definition) is 1. The molecule has 0 aliphatic carbocycles. The van der Waals surface area contributed by atoms with Gasteiger partial charge in [-0.2, -0.15) is 0 Å². The quantitative estimate of drug-likeness (QED) is 0.605. The van der Waals surface area contributed by atoms with E-state index in [0.29, 0.717) is 0 Å². The summed E-state index contributed by atoms with van der Waals surface area (Å²) < 4.78 is 0. The molecule has 0 saturated heterocycles. The standard InChI is InChI=1S/C13H19NS/c1-4-15-12-7-5-11(6-8-12)13(14)9-10(2)3/h5-8,13H,2,4,9,14H2,1,3H3. The Morgan fingerprint density at radius 2 is 2.00 bits per heavy atom. The number of hydrogen-bond acceptors (Lipinski definition) is 2. The van der Waals surface area contributed by atoms with Gasteiger partial charge in [-0.05, 0) is 36.8 Å². The van der Waals surface area contributed by atoms with Gasteiger partial charge in [0.15, 0.2) is 0 Å². The van der Waals surface area contributed by atoms with Crippen molar-refractivity contribution in [3.05, 3.63) is 42.0 Å². The fraction of sp³-hybridized carbons (Fsp3) is 0.385. The molecule has 0 aliphatic rings. The second kappa shape index (κ2) is 5.99. The maximum atomic E-state index is 6.05. The molecule has 0 fully saturated rings. The van der Waals surface area contributed by atoms with Crippen LogP contribution in [-0.2, 0) is 0 Å². The molecule has 1 nitrogen and oxygen atoms in total. The molecule has 1 aromatic rings. The lowest BCUT2D eigenvalue weighted by Crippen LogP contribution is -2.10. The molecule has 1 atom stereocenters. The molecule has 0 aliphatic heterocycles. The molecule has 0 saturated carbocycles. The lowest BCUT2D eigenvalue weighted by atomic mass is 10.0. The summed E-state index contributed by atoms with van der Waals surface area (Å²) >= 11 is 1.85. The summed E-state index contributed by atoms with van der Waals surface area (Å²) in [5.41, 5.74) is 8.38. The van der Waals surface area contributed by atoms with Crippen molar-refractivity contribution in [1.82, 2.24) is 0 Å². The Balaban J connectivity index is 2.66. The zero-order chi connectivity index (χ0) is 11.3. The van der Waals surface area contributed by atoms with Crippen molar-refractivity contribution in [1.29, 1.82) is 0 Å². The minimum absolute atomic E-state index is 0.0863. The van der Waals surface area contributed by atoms with E-state index in [9.17, 15) is 0 Å². The summed E-state index contributed by atoms with van der Waals surface area (Å²) in [5.74, 6) is 1.11. The van der Waals surface area contributed by atoms with E-state index < -0.39 is 0 Å². The molecule has 0 heterocycles. The molecular formula is C13H19NS. The molecule has 0 amide bonds. The number of nitrogens with two attached hydrogens (primary N) is 1. The van der Waals surface area contributed by atoms with E-state index in [-0.39, 0.29) is 6.04 Å². The zero-order valence-electron chi connectivity index (χ0n) is 9.49. The Bertz CT molecular complexity index is 316. The molecule has 0 aromatic heterocycles. The van der Waals surface area contributed by atoms with Gasteiger partial charge >= 0.3 is 0 Å². The van der Waals surface area contributed by atoms with Gasteiger partial charge in [0.25, 0.3) is 0 Å². The molecule has 82 valence electrons. The van der Waals surface area contributed by atoms with E-state index in [1.54, 1.807) is 0 Å². The van der Waals surface area contributed by atoms with E-state index in [2.05, 4.69) is 37.8 Å². The van der Waals surface area contributed by atoms with Crippen molar-refractivity contribution in [3.8, 4) is 0 Å². The van der Waals surface area contributed by atoms with Crippen LogP contribution in [0.5, 0.6) is 0 Å². The van der Waals surface area contributed by atoms with Crippen molar-refractivity contribution in [2.24, 2.45) is 5.73 Å². The normalized spacial score (nSPS) is 12.5. The third kappa shape index (κ3) is 4.10. The average Bonchev–Trinajstić information content (AvgIpc) is 2.18. The van der Waals surface area contributed by atoms with E-state index in [4.69, 9.17) is 5.73 Å². The predicted molar refractivity (Wildman–Crippen MR) is 69.2 cm³/mol. The Hall–Kier alpha value is -0.730. The molecule has 0 bridgehead atoms. The van der Waals surface area contributed by atoms with Crippen LogP contribution >= 0.6 is 11.8 Å². The molecule has 0 spiro atoms. The smallest absolute Gasteiger partial charge is 0.0332 e. The highest BCUT2D eigenvalue weighted by molar-refractivity contribution is 7.99. The maximum Gasteiger partial charge on any atom is 0.0332 e. The number of benzene rings is 1. The lowest BCUT2D eigenvalue weighted by Gasteiger charge is -2.12. The van der Waals surface area contributed by atoms with Gasteiger partial charge < -0.3 is 5.73 Å². The molecule has 15 heavy (non-hydrogen) atoms. The van der Waals surface area contributed by atoms with Gasteiger partial charge in [0.05, 0.1) is 0 Å². The summed E-state index contributed by atoms with van der Waals surface area (Å²) in [4.78, 5) is 1.31. The topological polar surface area (TPSA) is 26.0 Å². The van der Waals surface area contributed by atoms with Crippen LogP contribution in [0.2, 0.25) is 0 Å². The van der Waals surface area contributed by atoms with Gasteiger partial charge in [-0.25, -0.2) is 0 Å². The molecule has 1 unspecified atom stereocenters. The summed E-state index contributed by atoms with van der Waals surface area (Å²) in [6.45, 7) is 8.06. The minimum Gasteiger partial charge on any atom is -0.324 e. The second-order valence-electron chi connectivity index (χ2n) is 3.77. The molecule has 1 aromatic carbocycles. The highest BCUT2D eigenvalue weighted by Crippen LogP contribution is 2.22. The second-order valence-corrected chi connectivity index (χ2v) is 5.11. The van der Waals surface area contributed by atoms with Crippen LogP contribution in [0.3, 0.4) is 0 Å². The van der Waals surface area contributed by atoms with Gasteiger partial charge in [0, 0.05) is 10.9 Å². The number of rotatable bonds is 5. The Labute approximate surface area is 96.8 Å². The van der Waals surface area contributed by atoms with Crippen LogP contribution in [0.25, 0.3) is 0 Å². The summed E-state index contributed by atoms with van der Waals surface area (Å²) in [7, 11) is 0. The minimum atomic E-state index is 0.0863. The maximum absolute atomic E-state index is 6.05. The largest absolute Gasteiger partial charge is 0.324 e. The monoisotopic (exact) mass is 221 g/mol. The summed E-state index contributed by atoms with van der Waals surface area (Å²) in [5, 5.41) is 0. The van der Waals surface area contributed by atoms with Crippen LogP contribution in [0.15, 0.2) is 41.3 Å². The predicted octanol–water partition coefficient (Wildman–Crippen LogP) is 3.76. The number of thioether (sulfide) groups is 1. The fourth-order valence-electron chi connectivity index (χ4n) is 1.47. The van der Waals surface area contributed by atoms with Crippen LogP contribution in [-0.4, -0.2) is 5.75 Å². The van der Waals surface area contributed by atoms with E-state index >= 15 is 0 Å². The molecule has 0 radical (unpaired) electrons. The Morgan fingerprint density at radius 3 is 2.47 bits per heavy atom. The van der Waals surface area contributed by atoms with Crippen molar-refractivity contribution >= 4 is 11.8 Å². The molecular weight excluding hydrogens is 202 g/mol. The van der Waals surface area contributed by atoms with E-state index in [1.807, 2.05) is 18.7 Å². The molecule has 1 rings (SSSR count). The zero-order valence-corrected chi connectivity index (χ0v) is 10.3. The Kier molecular flexibility index (Phi) is 4.92. The first kappa shape index (κ1) is 12.3. The average molecular weight is 221 g/mol. The third-order valence-corrected chi connectivity index (χ3v) is 3.08. The summed E-state index contributed by atoms with van der Waals surface area (Å²) in [6, 6.07) is 8.60. The van der Waals surface area contributed by atoms with Crippen molar-refractivity contribution in [3.63, 3.8) is 0 Å². The molecule has 2 heteroatoms. The molecule has 2 N–H and O–H groups in total. The van der Waals surface area contributed by atoms with E-state index in [0.717, 1.165) is 17.7 Å². The first-order valence-electron chi connectivity index (χ1n) is 5.26. The third-order valence-electron chi connectivity index (χ3n) is 2.19. The van der Waals surface area contributed by atoms with Gasteiger partial charge in [0.1, 0.15) is 0 Å². The highest BCUT2D eigenvalue weighted by Gasteiger charge is 2.05. The first-order valence-corrected chi connectivity index (χ1v) is 6.24. The van der Waals surface area contributed by atoms with Crippen LogP contribution < -0.4 is 5.73 Å². The van der Waals surface area contributed by atoms with Crippen molar-refractivity contribution < 1.29 is 0 Å². The SMILES string of the molecule is C=C(C)CC(N)c1ccc(SCC)cc1. The highest BCUT2D eigenvalue weighted by atomic mass is 32.2. The van der Waals surface area contributed by atoms with Crippen LogP contribution in [0, 0.1) is 0 Å². The van der Waals surface area contributed by atoms with Crippen molar-refractivity contribution in [2.45, 2.75) is 31.2 Å². The Morgan fingerprint density at radius 1 is 1.40 bits per heavy atom. The van der Waals surface area contributed by atoms with Crippen molar-refractivity contribution in [2.75, 3.05) is 5.75 Å². The van der Waals surface area contributed by atoms with Crippen LogP contribution in [0.4, 0.5) is 0 Å². The first-order chi connectivity index (χ1) is 7.13. The van der Waals surface area contributed by atoms with Gasteiger partial charge in [-0.15, -0.1) is 18.3 Å². The summed E-state index contributed by atoms with van der Waals surface area (Å²) in [6.07, 6.45) is 0.861. The van der Waals surface area contributed by atoms with E-state index in [1.165, 1.54) is 10.5 Å². The van der Waals surface area contributed by atoms with Gasteiger partial charge in [-0.1, -0.05) is 24.6 Å².